The molecule has 2 aliphatic rings. The molecule has 4 N–H and O–H groups in total. The molecule has 2 fully saturated rings. The molecule has 15 nitrogen and oxygen atoms in total. The molecule has 0 spiro atoms. The second-order valence-corrected chi connectivity index (χ2v) is 32.2. The molecule has 0 radical (unpaired) electrons. The number of unbranched alkanes of at least 4 members (excludes halogenated alkanes) is 44. The molecular formula is C84H158O15. The van der Waals surface area contributed by atoms with Crippen LogP contribution in [-0.4, -0.2) is 119 Å². The lowest BCUT2D eigenvalue weighted by atomic mass is 9.98. The zero-order chi connectivity index (χ0) is 72.4. The Bertz CT molecular complexity index is 1900. The van der Waals surface area contributed by atoms with Crippen LogP contribution in [0.4, 0.5) is 0 Å². The first kappa shape index (κ1) is 92.7. The highest BCUT2D eigenvalue weighted by Gasteiger charge is 2.60. The van der Waals surface area contributed by atoms with Crippen molar-refractivity contribution in [3.63, 3.8) is 0 Å². The molecule has 15 heteroatoms. The predicted octanol–water partition coefficient (Wildman–Crippen LogP) is 21.3. The average Bonchev–Trinajstić information content (AvgIpc) is 1.65. The van der Waals surface area contributed by atoms with Crippen LogP contribution in [0.15, 0.2) is 0 Å². The summed E-state index contributed by atoms with van der Waals surface area (Å²) in [4.78, 5) is 53.6. The Morgan fingerprint density at radius 1 is 0.313 bits per heavy atom. The second-order valence-electron chi connectivity index (χ2n) is 32.2. The van der Waals surface area contributed by atoms with Gasteiger partial charge < -0.3 is 53.6 Å². The van der Waals surface area contributed by atoms with Crippen molar-refractivity contribution >= 4 is 23.9 Å². The molecule has 0 amide bonds. The first-order valence-corrected chi connectivity index (χ1v) is 42.2. The maximum Gasteiger partial charge on any atom is 0.306 e. The molecule has 2 aliphatic heterocycles. The van der Waals surface area contributed by atoms with Gasteiger partial charge in [0.05, 0.1) is 0 Å². The molecule has 0 bridgehead atoms. The Balaban J connectivity index is 2.12. The molecule has 9 atom stereocenters. The van der Waals surface area contributed by atoms with Crippen molar-refractivity contribution in [1.82, 2.24) is 0 Å². The average molecular weight is 1410 g/mol. The van der Waals surface area contributed by atoms with E-state index in [4.69, 9.17) is 33.2 Å². The highest BCUT2D eigenvalue weighted by atomic mass is 16.8. The third-order valence-corrected chi connectivity index (χ3v) is 20.6. The number of ether oxygens (including phenoxy) is 7. The van der Waals surface area contributed by atoms with Crippen LogP contribution in [0.2, 0.25) is 0 Å². The van der Waals surface area contributed by atoms with Gasteiger partial charge in [-0.25, -0.2) is 0 Å². The summed E-state index contributed by atoms with van der Waals surface area (Å²) in [5.74, 6) is -1.55. The number of esters is 4. The van der Waals surface area contributed by atoms with Gasteiger partial charge in [-0.2, -0.15) is 0 Å². The maximum atomic E-state index is 13.6. The number of carbonyl (C=O) groups is 4. The van der Waals surface area contributed by atoms with Gasteiger partial charge in [-0.15, -0.1) is 0 Å². The topological polar surface area (TPSA) is 214 Å². The molecular weight excluding hydrogens is 1250 g/mol. The van der Waals surface area contributed by atoms with Crippen LogP contribution in [0.25, 0.3) is 0 Å². The van der Waals surface area contributed by atoms with Crippen molar-refractivity contribution in [3.05, 3.63) is 0 Å². The zero-order valence-corrected chi connectivity index (χ0v) is 65.4. The van der Waals surface area contributed by atoms with Crippen LogP contribution in [0, 0.1) is 23.7 Å². The van der Waals surface area contributed by atoms with Crippen LogP contribution in [-0.2, 0) is 52.3 Å². The maximum absolute atomic E-state index is 13.6. The number of aliphatic hydroxyl groups is 4. The summed E-state index contributed by atoms with van der Waals surface area (Å²) in [6, 6.07) is 0. The van der Waals surface area contributed by atoms with E-state index in [9.17, 15) is 39.6 Å². The third-order valence-electron chi connectivity index (χ3n) is 20.6. The number of rotatable bonds is 69. The van der Waals surface area contributed by atoms with Gasteiger partial charge in [0.2, 0.25) is 5.79 Å². The highest BCUT2D eigenvalue weighted by molar-refractivity contribution is 5.70. The number of aliphatic hydroxyl groups excluding tert-OH is 4. The smallest absolute Gasteiger partial charge is 0.306 e. The van der Waals surface area contributed by atoms with Gasteiger partial charge in [-0.1, -0.05) is 364 Å². The molecule has 0 aromatic rings. The number of carbonyl (C=O) groups excluding carboxylic acids is 4. The summed E-state index contributed by atoms with van der Waals surface area (Å²) >= 11 is 0. The molecule has 0 aromatic heterocycles. The van der Waals surface area contributed by atoms with E-state index in [1.807, 2.05) is 0 Å². The fraction of sp³-hybridized carbons (Fsp3) is 0.952. The van der Waals surface area contributed by atoms with Crippen LogP contribution in [0.3, 0.4) is 0 Å². The monoisotopic (exact) mass is 1410 g/mol. The third kappa shape index (κ3) is 49.9. The summed E-state index contributed by atoms with van der Waals surface area (Å²) in [5, 5.41) is 47.5. The highest BCUT2D eigenvalue weighted by Crippen LogP contribution is 2.38. The van der Waals surface area contributed by atoms with E-state index in [0.717, 1.165) is 114 Å². The molecule has 2 saturated heterocycles. The van der Waals surface area contributed by atoms with Gasteiger partial charge in [-0.05, 0) is 49.4 Å². The molecule has 0 aliphatic carbocycles. The van der Waals surface area contributed by atoms with Gasteiger partial charge in [0.25, 0.3) is 0 Å². The lowest BCUT2D eigenvalue weighted by Crippen LogP contribution is -2.64. The van der Waals surface area contributed by atoms with Crippen LogP contribution < -0.4 is 0 Å². The van der Waals surface area contributed by atoms with E-state index in [-0.39, 0.29) is 25.7 Å². The molecule has 584 valence electrons. The van der Waals surface area contributed by atoms with Gasteiger partial charge in [0.15, 0.2) is 12.4 Å². The summed E-state index contributed by atoms with van der Waals surface area (Å²) < 4.78 is 41.9. The first-order valence-electron chi connectivity index (χ1n) is 42.2. The van der Waals surface area contributed by atoms with Gasteiger partial charge in [0.1, 0.15) is 56.4 Å². The first-order chi connectivity index (χ1) is 47.8. The van der Waals surface area contributed by atoms with Crippen molar-refractivity contribution in [3.8, 4) is 0 Å². The van der Waals surface area contributed by atoms with Crippen LogP contribution in [0.5, 0.6) is 0 Å². The lowest BCUT2D eigenvalue weighted by molar-refractivity contribution is -0.384. The fourth-order valence-corrected chi connectivity index (χ4v) is 14.0. The molecule has 0 saturated carbocycles. The molecule has 2 heterocycles. The fourth-order valence-electron chi connectivity index (χ4n) is 14.0. The van der Waals surface area contributed by atoms with Crippen LogP contribution >= 0.6 is 0 Å². The predicted molar refractivity (Wildman–Crippen MR) is 402 cm³/mol. The minimum Gasteiger partial charge on any atom is -0.463 e. The van der Waals surface area contributed by atoms with E-state index in [0.29, 0.717) is 25.7 Å². The quantitative estimate of drug-likeness (QED) is 0.0253. The lowest BCUT2D eigenvalue weighted by Gasteiger charge is -2.44. The van der Waals surface area contributed by atoms with Crippen molar-refractivity contribution in [1.29, 1.82) is 0 Å². The van der Waals surface area contributed by atoms with Gasteiger partial charge in [-0.3, -0.25) is 19.2 Å². The molecule has 99 heavy (non-hydrogen) atoms. The Labute approximate surface area is 607 Å². The van der Waals surface area contributed by atoms with Crippen molar-refractivity contribution in [2.24, 2.45) is 23.7 Å². The normalized spacial score (nSPS) is 21.0. The molecule has 0 aromatic carbocycles. The Morgan fingerprint density at radius 3 is 0.859 bits per heavy atom. The summed E-state index contributed by atoms with van der Waals surface area (Å²) in [6.45, 7) is 16.6. The van der Waals surface area contributed by atoms with E-state index in [1.165, 1.54) is 218 Å². The summed E-state index contributed by atoms with van der Waals surface area (Å²) in [6.07, 6.45) is 47.0. The van der Waals surface area contributed by atoms with E-state index in [1.54, 1.807) is 0 Å². The van der Waals surface area contributed by atoms with Crippen molar-refractivity contribution < 1.29 is 72.8 Å². The Kier molecular flexibility index (Phi) is 57.9. The molecule has 9 unspecified atom stereocenters. The second kappa shape index (κ2) is 61.9. The SMILES string of the molecule is CC(C)CCCCCCCCCCCCCCC(=O)OCC1OC(OC2(COC(=O)CCCCCCCCCCCCCCC(C)C)OC(COC(=O)CCCCCCCCCCCCCCC(C)C)C(O)C2O)C(O)C(OC(=O)CCCCCCCCCCCCCCC(C)C)C1O. The van der Waals surface area contributed by atoms with Gasteiger partial charge in [0, 0.05) is 25.7 Å². The van der Waals surface area contributed by atoms with Crippen molar-refractivity contribution in [2.75, 3.05) is 19.8 Å². The van der Waals surface area contributed by atoms with E-state index in [2.05, 4.69) is 55.4 Å². The largest absolute Gasteiger partial charge is 0.463 e. The summed E-state index contributed by atoms with van der Waals surface area (Å²) in [5.41, 5.74) is 0. The van der Waals surface area contributed by atoms with Crippen LogP contribution in [0.1, 0.15) is 415 Å². The number of hydrogen-bond donors (Lipinski definition) is 4. The van der Waals surface area contributed by atoms with Gasteiger partial charge >= 0.3 is 23.9 Å². The summed E-state index contributed by atoms with van der Waals surface area (Å²) in [7, 11) is 0. The number of hydrogen-bond acceptors (Lipinski definition) is 15. The Morgan fingerprint density at radius 2 is 0.566 bits per heavy atom. The minimum absolute atomic E-state index is 0.0314. The Hall–Kier alpha value is -2.40. The minimum atomic E-state index is -2.41. The zero-order valence-electron chi connectivity index (χ0n) is 65.4. The molecule has 2 rings (SSSR count). The van der Waals surface area contributed by atoms with E-state index >= 15 is 0 Å². The van der Waals surface area contributed by atoms with E-state index < -0.39 is 98.5 Å². The van der Waals surface area contributed by atoms with Crippen molar-refractivity contribution in [2.45, 2.75) is 470 Å². The standard InChI is InChI=1S/C84H158O15/c1-68(2)57-49-41-33-25-17-9-13-21-29-37-45-53-61-74(85)93-65-72-78(89)81(97-77(88)64-56-48-40-32-24-16-12-20-28-36-44-52-60-71(7)8)80(91)83(96-72)99-84(67-95-76(87)63-55-47-39-31-23-15-11-19-27-35-43-51-59-70(5)6)82(92)79(90)73(98-84)66-94-75(86)62-54-46-38-30-22-14-10-18-26-34-42-50-58-69(3)4/h68-73,78-83,89-92H,9-67H2,1-8H3.